The van der Waals surface area contributed by atoms with E-state index in [4.69, 9.17) is 28.4 Å². The van der Waals surface area contributed by atoms with E-state index in [1.165, 1.54) is 83.5 Å². The third-order valence-electron chi connectivity index (χ3n) is 16.8. The summed E-state index contributed by atoms with van der Waals surface area (Å²) in [6.45, 7) is 1.58. The van der Waals surface area contributed by atoms with E-state index in [9.17, 15) is 61.0 Å². The summed E-state index contributed by atoms with van der Waals surface area (Å²) >= 11 is 0. The van der Waals surface area contributed by atoms with Crippen LogP contribution < -0.4 is 5.32 Å². The number of rotatable bonds is 52. The predicted molar refractivity (Wildman–Crippen MR) is 355 cm³/mol. The van der Waals surface area contributed by atoms with Crippen molar-refractivity contribution in [3.63, 3.8) is 0 Å². The second kappa shape index (κ2) is 52.9. The molecule has 524 valence electrons. The maximum Gasteiger partial charge on any atom is 0.220 e. The highest BCUT2D eigenvalue weighted by Gasteiger charge is 2.53. The number of aliphatic hydroxyl groups excluding tert-OH is 11. The molecule has 0 aliphatic carbocycles. The molecule has 0 bridgehead atoms. The molecule has 0 saturated carbocycles. The van der Waals surface area contributed by atoms with Crippen LogP contribution >= 0.6 is 0 Å². The molecule has 3 fully saturated rings. The topological polar surface area (TPSA) is 307 Å². The van der Waals surface area contributed by atoms with Gasteiger partial charge in [0, 0.05) is 6.42 Å². The number of nitrogens with one attached hydrogen (secondary N) is 1. The Morgan fingerprint density at radius 1 is 0.407 bits per heavy atom. The SMILES string of the molecule is CC/C=C\C/C=C\C/C=C\C/C=C\C/C=C\CCCCCCCCCC(=O)NC(COC1OC(CO)C(OC2OC(CO)C(OC3OC(CO)C(O)C(O)C3O)C(O)C2O)C(O)C1O)C(O)/C=C/CC/C=C/CC/C=C/CCCCCCCCCCCCCCC. The summed E-state index contributed by atoms with van der Waals surface area (Å²) in [5.41, 5.74) is 0. The first-order valence-corrected chi connectivity index (χ1v) is 35.0. The molecule has 17 atom stereocenters. The molecule has 91 heavy (non-hydrogen) atoms. The minimum absolute atomic E-state index is 0.213. The quantitative estimate of drug-likeness (QED) is 0.0199. The van der Waals surface area contributed by atoms with E-state index in [2.05, 4.69) is 104 Å². The lowest BCUT2D eigenvalue weighted by Crippen LogP contribution is -2.66. The zero-order chi connectivity index (χ0) is 66.1. The summed E-state index contributed by atoms with van der Waals surface area (Å²) in [5, 5.41) is 121. The van der Waals surface area contributed by atoms with Crippen molar-refractivity contribution in [2.24, 2.45) is 0 Å². The van der Waals surface area contributed by atoms with Gasteiger partial charge in [-0.05, 0) is 89.9 Å². The molecule has 3 aliphatic heterocycles. The Kier molecular flexibility index (Phi) is 47.7. The van der Waals surface area contributed by atoms with Crippen LogP contribution in [0.5, 0.6) is 0 Å². The minimum Gasteiger partial charge on any atom is -0.394 e. The Morgan fingerprint density at radius 3 is 1.23 bits per heavy atom. The van der Waals surface area contributed by atoms with Crippen LogP contribution in [0.2, 0.25) is 0 Å². The number of unbranched alkanes of at least 4 members (excludes halogenated alkanes) is 22. The van der Waals surface area contributed by atoms with E-state index in [1.54, 1.807) is 6.08 Å². The summed E-state index contributed by atoms with van der Waals surface area (Å²) in [6.07, 6.45) is 42.3. The zero-order valence-corrected chi connectivity index (χ0v) is 55.3. The number of carbonyl (C=O) groups excluding carboxylic acids is 1. The smallest absolute Gasteiger partial charge is 0.220 e. The van der Waals surface area contributed by atoms with Crippen LogP contribution in [0.15, 0.2) is 97.2 Å². The van der Waals surface area contributed by atoms with Crippen molar-refractivity contribution in [3.05, 3.63) is 97.2 Å². The molecule has 0 spiro atoms. The van der Waals surface area contributed by atoms with Crippen LogP contribution in [-0.4, -0.2) is 193 Å². The number of hydrogen-bond acceptors (Lipinski definition) is 18. The third kappa shape index (κ3) is 34.8. The predicted octanol–water partition coefficient (Wildman–Crippen LogP) is 9.27. The maximum atomic E-state index is 13.4. The van der Waals surface area contributed by atoms with E-state index in [0.29, 0.717) is 12.8 Å². The fourth-order valence-electron chi connectivity index (χ4n) is 11.2. The highest BCUT2D eigenvalue weighted by atomic mass is 16.8. The molecule has 0 aromatic heterocycles. The van der Waals surface area contributed by atoms with Gasteiger partial charge in [0.05, 0.1) is 38.6 Å². The van der Waals surface area contributed by atoms with Gasteiger partial charge in [0.2, 0.25) is 5.91 Å². The van der Waals surface area contributed by atoms with Crippen LogP contribution in [0.25, 0.3) is 0 Å². The normalized spacial score (nSPS) is 28.5. The van der Waals surface area contributed by atoms with Crippen molar-refractivity contribution in [1.29, 1.82) is 0 Å². The van der Waals surface area contributed by atoms with Gasteiger partial charge in [0.15, 0.2) is 18.9 Å². The van der Waals surface area contributed by atoms with Gasteiger partial charge in [-0.1, -0.05) is 220 Å². The fourth-order valence-corrected chi connectivity index (χ4v) is 11.2. The second-order valence-corrected chi connectivity index (χ2v) is 24.6. The van der Waals surface area contributed by atoms with Gasteiger partial charge in [0.25, 0.3) is 0 Å². The third-order valence-corrected chi connectivity index (χ3v) is 16.8. The number of hydrogen-bond donors (Lipinski definition) is 12. The Labute approximate surface area is 545 Å². The van der Waals surface area contributed by atoms with Gasteiger partial charge < -0.3 is 89.9 Å². The van der Waals surface area contributed by atoms with Crippen LogP contribution in [0.4, 0.5) is 0 Å². The van der Waals surface area contributed by atoms with E-state index < -0.39 is 124 Å². The van der Waals surface area contributed by atoms with Gasteiger partial charge in [0.1, 0.15) is 73.2 Å². The average Bonchev–Trinajstić information content (AvgIpc) is 0.883. The molecular weight excluding hydrogens is 1170 g/mol. The zero-order valence-electron chi connectivity index (χ0n) is 55.3. The summed E-state index contributed by atoms with van der Waals surface area (Å²) in [6, 6.07) is -1.01. The van der Waals surface area contributed by atoms with Crippen molar-refractivity contribution >= 4 is 5.91 Å². The number of carbonyl (C=O) groups is 1. The molecule has 19 nitrogen and oxygen atoms in total. The maximum absolute atomic E-state index is 13.4. The van der Waals surface area contributed by atoms with Gasteiger partial charge in [-0.2, -0.15) is 0 Å². The van der Waals surface area contributed by atoms with Gasteiger partial charge >= 0.3 is 0 Å². The van der Waals surface area contributed by atoms with Gasteiger partial charge in [-0.15, -0.1) is 0 Å². The molecular formula is C72H123NO18. The first kappa shape index (κ1) is 81.9. The molecule has 17 unspecified atom stereocenters. The largest absolute Gasteiger partial charge is 0.394 e. The van der Waals surface area contributed by atoms with Crippen molar-refractivity contribution in [2.75, 3.05) is 26.4 Å². The van der Waals surface area contributed by atoms with Crippen molar-refractivity contribution in [1.82, 2.24) is 5.32 Å². The van der Waals surface area contributed by atoms with Crippen LogP contribution in [0, 0.1) is 0 Å². The molecule has 3 saturated heterocycles. The standard InChI is InChI=1S/C72H123NO18/c1-3-5-7-9-11-13-15-17-19-21-23-25-27-29-31-33-35-37-39-41-43-45-47-49-56(77)55(73-60(78)50-48-46-44-42-40-38-36-34-32-30-28-26-24-22-20-18-16-14-12-10-8-6-4-2)54-86-70-66(84)63(81)68(58(52-75)88-70)91-72-67(85)64(82)69(59(53-76)89-72)90-71-65(83)62(80)61(79)57(51-74)87-71/h6,8,12,14,18,20,24,26,30-33,39,41,47,49,55-59,61-72,74-77,79-85H,3-5,7,9-11,13,15-17,19,21-23,25,27-29,34-38,40,42-46,48,50-54H2,1-2H3,(H,73,78)/b8-6-,14-12-,20-18-,26-24-,32-30-,33-31+,41-39+,49-47+. The summed E-state index contributed by atoms with van der Waals surface area (Å²) < 4.78 is 34.3. The van der Waals surface area contributed by atoms with E-state index in [1.807, 2.05) is 6.08 Å². The summed E-state index contributed by atoms with van der Waals surface area (Å²) in [4.78, 5) is 13.4. The monoisotopic (exact) mass is 1290 g/mol. The summed E-state index contributed by atoms with van der Waals surface area (Å²) in [7, 11) is 0. The lowest BCUT2D eigenvalue weighted by atomic mass is 9.96. The number of aliphatic hydroxyl groups is 11. The Balaban J connectivity index is 1.47. The Hall–Kier alpha value is -3.29. The highest BCUT2D eigenvalue weighted by Crippen LogP contribution is 2.33. The lowest BCUT2D eigenvalue weighted by molar-refractivity contribution is -0.379. The van der Waals surface area contributed by atoms with Crippen molar-refractivity contribution in [2.45, 2.75) is 324 Å². The number of allylic oxidation sites excluding steroid dienone is 15. The molecule has 3 rings (SSSR count). The second-order valence-electron chi connectivity index (χ2n) is 24.6. The first-order chi connectivity index (χ1) is 44.3. The van der Waals surface area contributed by atoms with Crippen LogP contribution in [0.3, 0.4) is 0 Å². The van der Waals surface area contributed by atoms with E-state index in [-0.39, 0.29) is 18.9 Å². The number of amides is 1. The Bertz CT molecular complexity index is 2030. The molecule has 3 aliphatic rings. The average molecular weight is 1290 g/mol. The number of ether oxygens (including phenoxy) is 6. The van der Waals surface area contributed by atoms with E-state index >= 15 is 0 Å². The van der Waals surface area contributed by atoms with Crippen LogP contribution in [-0.2, 0) is 33.2 Å². The first-order valence-electron chi connectivity index (χ1n) is 35.0. The van der Waals surface area contributed by atoms with Crippen molar-refractivity contribution in [3.8, 4) is 0 Å². The lowest BCUT2D eigenvalue weighted by Gasteiger charge is -2.48. The Morgan fingerprint density at radius 2 is 0.769 bits per heavy atom. The van der Waals surface area contributed by atoms with Crippen molar-refractivity contribution < 1.29 is 89.4 Å². The molecule has 3 heterocycles. The highest BCUT2D eigenvalue weighted by molar-refractivity contribution is 5.76. The van der Waals surface area contributed by atoms with Crippen LogP contribution in [0.1, 0.15) is 219 Å². The molecule has 0 aromatic carbocycles. The fraction of sp³-hybridized carbons (Fsp3) is 0.764. The minimum atomic E-state index is -1.99. The van der Waals surface area contributed by atoms with Gasteiger partial charge in [-0.25, -0.2) is 0 Å². The van der Waals surface area contributed by atoms with Gasteiger partial charge in [-0.3, -0.25) is 4.79 Å². The summed E-state index contributed by atoms with van der Waals surface area (Å²) in [5.74, 6) is -0.304. The molecule has 0 radical (unpaired) electrons. The molecule has 12 N–H and O–H groups in total. The van der Waals surface area contributed by atoms with E-state index in [0.717, 1.165) is 103 Å². The molecule has 0 aromatic rings. The molecule has 19 heteroatoms. The molecule has 1 amide bonds.